The van der Waals surface area contributed by atoms with Gasteiger partial charge in [-0.3, -0.25) is 0 Å². The Morgan fingerprint density at radius 2 is 1.67 bits per heavy atom. The predicted octanol–water partition coefficient (Wildman–Crippen LogP) is 4.53. The third kappa shape index (κ3) is 2.24. The van der Waals surface area contributed by atoms with Crippen molar-refractivity contribution in [3.8, 4) is 11.4 Å². The van der Waals surface area contributed by atoms with Crippen LogP contribution in [-0.2, 0) is 6.18 Å². The van der Waals surface area contributed by atoms with Crippen LogP contribution in [0.3, 0.4) is 0 Å². The molecule has 2 aromatic carbocycles. The first kappa shape index (κ1) is 13.5. The van der Waals surface area contributed by atoms with Gasteiger partial charge in [-0.25, -0.2) is 13.8 Å². The molecule has 0 saturated carbocycles. The molecule has 0 atom stereocenters. The summed E-state index contributed by atoms with van der Waals surface area (Å²) in [5.41, 5.74) is -1.46. The summed E-state index contributed by atoms with van der Waals surface area (Å²) in [6, 6.07) is 7.47. The van der Waals surface area contributed by atoms with Crippen LogP contribution in [0.2, 0.25) is 0 Å². The fourth-order valence-corrected chi connectivity index (χ4v) is 2.06. The quantitative estimate of drug-likeness (QED) is 0.657. The van der Waals surface area contributed by atoms with Gasteiger partial charge in [0.25, 0.3) is 0 Å². The molecule has 0 amide bonds. The molecule has 1 aromatic heterocycles. The second kappa shape index (κ2) is 4.54. The number of para-hydroxylation sites is 2. The number of nitrogens with zero attached hydrogens (tertiary/aromatic N) is 1. The third-order valence-corrected chi connectivity index (χ3v) is 3.02. The van der Waals surface area contributed by atoms with Crippen molar-refractivity contribution in [1.29, 1.82) is 0 Å². The minimum Gasteiger partial charge on any atom is -0.338 e. The van der Waals surface area contributed by atoms with E-state index < -0.39 is 28.9 Å². The smallest absolute Gasteiger partial charge is 0.338 e. The summed E-state index contributed by atoms with van der Waals surface area (Å²) in [6.07, 6.45) is -4.90. The van der Waals surface area contributed by atoms with Crippen LogP contribution in [0.25, 0.3) is 22.4 Å². The minimum absolute atomic E-state index is 0.280. The van der Waals surface area contributed by atoms with Gasteiger partial charge in [0.05, 0.1) is 22.2 Å². The largest absolute Gasteiger partial charge is 0.419 e. The molecule has 7 heteroatoms. The van der Waals surface area contributed by atoms with Crippen LogP contribution < -0.4 is 0 Å². The van der Waals surface area contributed by atoms with E-state index in [1.54, 1.807) is 24.3 Å². The van der Waals surface area contributed by atoms with Crippen molar-refractivity contribution in [2.24, 2.45) is 0 Å². The van der Waals surface area contributed by atoms with Crippen LogP contribution in [0.5, 0.6) is 0 Å². The molecule has 0 spiro atoms. The number of hydrogen-bond donors (Lipinski definition) is 1. The van der Waals surface area contributed by atoms with Crippen molar-refractivity contribution in [3.05, 3.63) is 53.6 Å². The highest BCUT2D eigenvalue weighted by molar-refractivity contribution is 5.79. The van der Waals surface area contributed by atoms with Crippen LogP contribution in [0.15, 0.2) is 36.4 Å². The van der Waals surface area contributed by atoms with Crippen LogP contribution in [0.4, 0.5) is 22.0 Å². The first-order valence-electron chi connectivity index (χ1n) is 5.88. The lowest BCUT2D eigenvalue weighted by molar-refractivity contribution is -0.139. The normalized spacial score (nSPS) is 12.0. The fourth-order valence-electron chi connectivity index (χ4n) is 2.06. The van der Waals surface area contributed by atoms with E-state index >= 15 is 0 Å². The Kier molecular flexibility index (Phi) is 2.93. The molecule has 1 N–H and O–H groups in total. The van der Waals surface area contributed by atoms with Crippen LogP contribution in [0, 0.1) is 11.6 Å². The zero-order chi connectivity index (χ0) is 15.2. The standard InChI is InChI=1S/C14H7F5N2/c15-8-6-5-7(14(17,18)19)12(16)11(8)13-20-9-3-1-2-4-10(9)21-13/h1-6H,(H,20,21). The van der Waals surface area contributed by atoms with Gasteiger partial charge < -0.3 is 4.98 Å². The molecular formula is C14H7F5N2. The van der Waals surface area contributed by atoms with E-state index in [1.165, 1.54) is 0 Å². The number of fused-ring (bicyclic) bond motifs is 1. The monoisotopic (exact) mass is 298 g/mol. The Morgan fingerprint density at radius 3 is 2.33 bits per heavy atom. The number of nitrogens with one attached hydrogen (secondary N) is 1. The second-order valence-electron chi connectivity index (χ2n) is 4.38. The zero-order valence-corrected chi connectivity index (χ0v) is 10.3. The SMILES string of the molecule is Fc1ccc(C(F)(F)F)c(F)c1-c1nc2ccccc2[nH]1. The van der Waals surface area contributed by atoms with Crippen molar-refractivity contribution in [2.45, 2.75) is 6.18 Å². The summed E-state index contributed by atoms with van der Waals surface area (Å²) in [4.78, 5) is 6.54. The van der Waals surface area contributed by atoms with Gasteiger partial charge in [-0.15, -0.1) is 0 Å². The predicted molar refractivity (Wildman–Crippen MR) is 66.4 cm³/mol. The molecule has 3 aromatic rings. The highest BCUT2D eigenvalue weighted by Crippen LogP contribution is 2.36. The molecular weight excluding hydrogens is 291 g/mol. The number of benzene rings is 2. The van der Waals surface area contributed by atoms with E-state index in [1.807, 2.05) is 0 Å². The summed E-state index contributed by atoms with van der Waals surface area (Å²) in [7, 11) is 0. The molecule has 0 aliphatic rings. The number of imidazole rings is 1. The van der Waals surface area contributed by atoms with Crippen molar-refractivity contribution >= 4 is 11.0 Å². The number of aromatic nitrogens is 2. The number of H-pyrrole nitrogens is 1. The Hall–Kier alpha value is -2.44. The molecule has 2 nitrogen and oxygen atoms in total. The van der Waals surface area contributed by atoms with Gasteiger partial charge in [0, 0.05) is 0 Å². The molecule has 3 rings (SSSR count). The van der Waals surface area contributed by atoms with Gasteiger partial charge in [0.1, 0.15) is 17.5 Å². The molecule has 0 aliphatic carbocycles. The Labute approximate surface area is 115 Å². The number of rotatable bonds is 1. The molecule has 0 unspecified atom stereocenters. The van der Waals surface area contributed by atoms with Crippen LogP contribution >= 0.6 is 0 Å². The van der Waals surface area contributed by atoms with E-state index in [2.05, 4.69) is 9.97 Å². The van der Waals surface area contributed by atoms with Crippen LogP contribution in [-0.4, -0.2) is 9.97 Å². The van der Waals surface area contributed by atoms with E-state index in [9.17, 15) is 22.0 Å². The van der Waals surface area contributed by atoms with Gasteiger partial charge in [-0.1, -0.05) is 12.1 Å². The number of aromatic amines is 1. The van der Waals surface area contributed by atoms with Crippen molar-refractivity contribution in [3.63, 3.8) is 0 Å². The Morgan fingerprint density at radius 1 is 0.952 bits per heavy atom. The summed E-state index contributed by atoms with van der Waals surface area (Å²) in [6.45, 7) is 0. The van der Waals surface area contributed by atoms with Crippen molar-refractivity contribution in [1.82, 2.24) is 9.97 Å². The van der Waals surface area contributed by atoms with Crippen molar-refractivity contribution in [2.75, 3.05) is 0 Å². The zero-order valence-electron chi connectivity index (χ0n) is 10.3. The second-order valence-corrected chi connectivity index (χ2v) is 4.38. The molecule has 1 heterocycles. The van der Waals surface area contributed by atoms with Crippen LogP contribution in [0.1, 0.15) is 5.56 Å². The maximum absolute atomic E-state index is 14.0. The van der Waals surface area contributed by atoms with E-state index in [0.29, 0.717) is 23.2 Å². The average Bonchev–Trinajstić information content (AvgIpc) is 2.80. The van der Waals surface area contributed by atoms with E-state index in [0.717, 1.165) is 0 Å². The molecule has 0 saturated heterocycles. The summed E-state index contributed by atoms with van der Waals surface area (Å²) < 4.78 is 65.9. The summed E-state index contributed by atoms with van der Waals surface area (Å²) in [5.74, 6) is -3.07. The Bertz CT molecular complexity index is 787. The van der Waals surface area contributed by atoms with E-state index in [4.69, 9.17) is 0 Å². The van der Waals surface area contributed by atoms with E-state index in [-0.39, 0.29) is 5.82 Å². The van der Waals surface area contributed by atoms with Crippen molar-refractivity contribution < 1.29 is 22.0 Å². The summed E-state index contributed by atoms with van der Waals surface area (Å²) in [5, 5.41) is 0. The molecule has 0 fully saturated rings. The topological polar surface area (TPSA) is 28.7 Å². The minimum atomic E-state index is -4.90. The molecule has 0 radical (unpaired) electrons. The third-order valence-electron chi connectivity index (χ3n) is 3.02. The number of halogens is 5. The maximum atomic E-state index is 14.0. The number of hydrogen-bond acceptors (Lipinski definition) is 1. The van der Waals surface area contributed by atoms with Gasteiger partial charge in [0.15, 0.2) is 0 Å². The lowest BCUT2D eigenvalue weighted by Crippen LogP contribution is -2.10. The summed E-state index contributed by atoms with van der Waals surface area (Å²) >= 11 is 0. The highest BCUT2D eigenvalue weighted by atomic mass is 19.4. The first-order valence-corrected chi connectivity index (χ1v) is 5.88. The molecule has 0 bridgehead atoms. The average molecular weight is 298 g/mol. The fraction of sp³-hybridized carbons (Fsp3) is 0.0714. The van der Waals surface area contributed by atoms with Gasteiger partial charge in [-0.05, 0) is 24.3 Å². The lowest BCUT2D eigenvalue weighted by Gasteiger charge is -2.10. The van der Waals surface area contributed by atoms with Gasteiger partial charge in [-0.2, -0.15) is 13.2 Å². The molecule has 21 heavy (non-hydrogen) atoms. The maximum Gasteiger partial charge on any atom is 0.419 e. The Balaban J connectivity index is 2.26. The number of alkyl halides is 3. The highest BCUT2D eigenvalue weighted by Gasteiger charge is 2.36. The lowest BCUT2D eigenvalue weighted by atomic mass is 10.1. The molecule has 108 valence electrons. The van der Waals surface area contributed by atoms with Gasteiger partial charge in [0.2, 0.25) is 0 Å². The van der Waals surface area contributed by atoms with Gasteiger partial charge >= 0.3 is 6.18 Å². The first-order chi connectivity index (χ1) is 9.88. The molecule has 0 aliphatic heterocycles.